The molecule has 5 nitrogen and oxygen atoms in total. The molecule has 0 aromatic carbocycles. The van der Waals surface area contributed by atoms with E-state index in [1.54, 1.807) is 0 Å². The fourth-order valence-electron chi connectivity index (χ4n) is 1.92. The molecule has 1 fully saturated rings. The van der Waals surface area contributed by atoms with Gasteiger partial charge in [0.25, 0.3) is 0 Å². The van der Waals surface area contributed by atoms with E-state index in [0.29, 0.717) is 12.5 Å². The smallest absolute Gasteiger partial charge is 0.306 e. The number of rotatable bonds is 6. The van der Waals surface area contributed by atoms with E-state index in [4.69, 9.17) is 9.47 Å². The van der Waals surface area contributed by atoms with Gasteiger partial charge in [-0.2, -0.15) is 0 Å². The van der Waals surface area contributed by atoms with Gasteiger partial charge in [0.2, 0.25) is 5.91 Å². The number of carbonyl (C=O) groups excluding carboxylic acids is 2. The van der Waals surface area contributed by atoms with E-state index >= 15 is 0 Å². The van der Waals surface area contributed by atoms with Crippen molar-refractivity contribution < 1.29 is 19.1 Å². The Hall–Kier alpha value is -1.10. The normalized spacial score (nSPS) is 19.2. The highest BCUT2D eigenvalue weighted by Crippen LogP contribution is 2.15. The van der Waals surface area contributed by atoms with Gasteiger partial charge in [-0.1, -0.05) is 0 Å². The fraction of sp³-hybridized carbons (Fsp3) is 0.857. The summed E-state index contributed by atoms with van der Waals surface area (Å²) in [5, 5.41) is 2.83. The molecule has 0 aliphatic carbocycles. The lowest BCUT2D eigenvalue weighted by Crippen LogP contribution is -2.28. The number of carbonyl (C=O) groups is 2. The maximum Gasteiger partial charge on any atom is 0.306 e. The molecule has 1 rings (SSSR count). The Morgan fingerprint density at radius 3 is 2.63 bits per heavy atom. The molecule has 0 aromatic rings. The lowest BCUT2D eigenvalue weighted by molar-refractivity contribution is -0.155. The zero-order valence-corrected chi connectivity index (χ0v) is 12.2. The van der Waals surface area contributed by atoms with Crippen LogP contribution in [0.2, 0.25) is 0 Å². The van der Waals surface area contributed by atoms with Crippen LogP contribution in [0.3, 0.4) is 0 Å². The van der Waals surface area contributed by atoms with Crippen LogP contribution in [0.4, 0.5) is 0 Å². The summed E-state index contributed by atoms with van der Waals surface area (Å²) in [6, 6.07) is 0. The standard InChI is InChI=1S/C14H25NO4/c1-14(2,3)19-13(17)5-4-12(16)15-8-6-11-7-9-18-10-11/h11H,4-10H2,1-3H3,(H,15,16). The molecule has 0 radical (unpaired) electrons. The van der Waals surface area contributed by atoms with Crippen molar-refractivity contribution in [3.63, 3.8) is 0 Å². The monoisotopic (exact) mass is 271 g/mol. The molecule has 1 unspecified atom stereocenters. The molecule has 0 saturated carbocycles. The van der Waals surface area contributed by atoms with Gasteiger partial charge in [0.15, 0.2) is 0 Å². The van der Waals surface area contributed by atoms with Crippen LogP contribution >= 0.6 is 0 Å². The number of amides is 1. The summed E-state index contributed by atoms with van der Waals surface area (Å²) in [6.45, 7) is 7.73. The molecule has 110 valence electrons. The molecule has 1 atom stereocenters. The van der Waals surface area contributed by atoms with Gasteiger partial charge in [0.1, 0.15) is 5.60 Å². The third-order valence-electron chi connectivity index (χ3n) is 2.87. The van der Waals surface area contributed by atoms with Crippen LogP contribution in [0.25, 0.3) is 0 Å². The van der Waals surface area contributed by atoms with Crippen LogP contribution in [-0.4, -0.2) is 37.2 Å². The topological polar surface area (TPSA) is 64.6 Å². The van der Waals surface area contributed by atoms with Gasteiger partial charge in [-0.05, 0) is 39.5 Å². The Bertz CT molecular complexity index is 303. The van der Waals surface area contributed by atoms with Crippen LogP contribution in [0.15, 0.2) is 0 Å². The Morgan fingerprint density at radius 2 is 2.05 bits per heavy atom. The van der Waals surface area contributed by atoms with Crippen molar-refractivity contribution in [2.24, 2.45) is 5.92 Å². The first-order chi connectivity index (χ1) is 8.87. The van der Waals surface area contributed by atoms with Crippen LogP contribution in [0, 0.1) is 5.92 Å². The minimum Gasteiger partial charge on any atom is -0.460 e. The van der Waals surface area contributed by atoms with Gasteiger partial charge in [-0.15, -0.1) is 0 Å². The number of ether oxygens (including phenoxy) is 2. The molecule has 1 N–H and O–H groups in total. The van der Waals surface area contributed by atoms with Gasteiger partial charge < -0.3 is 14.8 Å². The van der Waals surface area contributed by atoms with E-state index in [9.17, 15) is 9.59 Å². The predicted molar refractivity (Wildman–Crippen MR) is 71.6 cm³/mol. The van der Waals surface area contributed by atoms with Crippen molar-refractivity contribution in [3.8, 4) is 0 Å². The van der Waals surface area contributed by atoms with Crippen molar-refractivity contribution in [1.29, 1.82) is 0 Å². The average Bonchev–Trinajstić information content (AvgIpc) is 2.77. The highest BCUT2D eigenvalue weighted by Gasteiger charge is 2.18. The van der Waals surface area contributed by atoms with E-state index in [1.807, 2.05) is 20.8 Å². The van der Waals surface area contributed by atoms with Gasteiger partial charge in [0, 0.05) is 26.2 Å². The van der Waals surface area contributed by atoms with Gasteiger partial charge >= 0.3 is 5.97 Å². The Morgan fingerprint density at radius 1 is 1.32 bits per heavy atom. The number of hydrogen-bond acceptors (Lipinski definition) is 4. The van der Waals surface area contributed by atoms with Crippen LogP contribution in [-0.2, 0) is 19.1 Å². The molecule has 0 bridgehead atoms. The highest BCUT2D eigenvalue weighted by molar-refractivity contribution is 5.81. The first kappa shape index (κ1) is 16.0. The molecule has 1 aliphatic heterocycles. The minimum atomic E-state index is -0.490. The SMILES string of the molecule is CC(C)(C)OC(=O)CCC(=O)NCCC1CCOC1. The second kappa shape index (κ2) is 7.48. The fourth-order valence-corrected chi connectivity index (χ4v) is 1.92. The summed E-state index contributed by atoms with van der Waals surface area (Å²) in [5.41, 5.74) is -0.490. The van der Waals surface area contributed by atoms with Crippen molar-refractivity contribution in [2.75, 3.05) is 19.8 Å². The Balaban J connectivity index is 2.05. The van der Waals surface area contributed by atoms with Crippen molar-refractivity contribution in [2.45, 2.75) is 52.1 Å². The third kappa shape index (κ3) is 7.82. The first-order valence-electron chi connectivity index (χ1n) is 6.93. The lowest BCUT2D eigenvalue weighted by Gasteiger charge is -2.19. The van der Waals surface area contributed by atoms with E-state index < -0.39 is 5.60 Å². The predicted octanol–water partition coefficient (Wildman–Crippen LogP) is 1.65. The zero-order chi connectivity index (χ0) is 14.3. The van der Waals surface area contributed by atoms with Gasteiger partial charge in [-0.25, -0.2) is 0 Å². The quantitative estimate of drug-likeness (QED) is 0.746. The zero-order valence-electron chi connectivity index (χ0n) is 12.2. The Kier molecular flexibility index (Phi) is 6.28. The van der Waals surface area contributed by atoms with Gasteiger partial charge in [0.05, 0.1) is 6.42 Å². The highest BCUT2D eigenvalue weighted by atomic mass is 16.6. The van der Waals surface area contributed by atoms with Crippen LogP contribution in [0.1, 0.15) is 46.5 Å². The lowest BCUT2D eigenvalue weighted by atomic mass is 10.1. The molecule has 5 heteroatoms. The number of nitrogens with one attached hydrogen (secondary N) is 1. The van der Waals surface area contributed by atoms with E-state index in [-0.39, 0.29) is 24.7 Å². The first-order valence-corrected chi connectivity index (χ1v) is 6.93. The van der Waals surface area contributed by atoms with E-state index in [1.165, 1.54) is 0 Å². The van der Waals surface area contributed by atoms with Crippen LogP contribution in [0.5, 0.6) is 0 Å². The average molecular weight is 271 g/mol. The summed E-state index contributed by atoms with van der Waals surface area (Å²) in [5.74, 6) is 0.141. The molecule has 1 aliphatic rings. The summed E-state index contributed by atoms with van der Waals surface area (Å²) < 4.78 is 10.4. The molecular weight excluding hydrogens is 246 g/mol. The van der Waals surface area contributed by atoms with E-state index in [0.717, 1.165) is 26.1 Å². The van der Waals surface area contributed by atoms with E-state index in [2.05, 4.69) is 5.32 Å². The van der Waals surface area contributed by atoms with Crippen molar-refractivity contribution in [1.82, 2.24) is 5.32 Å². The maximum absolute atomic E-state index is 11.5. The third-order valence-corrected chi connectivity index (χ3v) is 2.87. The van der Waals surface area contributed by atoms with Crippen molar-refractivity contribution in [3.05, 3.63) is 0 Å². The largest absolute Gasteiger partial charge is 0.460 e. The molecular formula is C14H25NO4. The second-order valence-electron chi connectivity index (χ2n) is 5.95. The molecule has 0 aromatic heterocycles. The summed E-state index contributed by atoms with van der Waals surface area (Å²) in [7, 11) is 0. The molecule has 19 heavy (non-hydrogen) atoms. The van der Waals surface area contributed by atoms with Crippen LogP contribution < -0.4 is 5.32 Å². The molecule has 0 spiro atoms. The summed E-state index contributed by atoms with van der Waals surface area (Å²) in [6.07, 6.45) is 2.34. The number of esters is 1. The number of hydrogen-bond donors (Lipinski definition) is 1. The molecule has 1 amide bonds. The van der Waals surface area contributed by atoms with Gasteiger partial charge in [-0.3, -0.25) is 9.59 Å². The molecule has 1 heterocycles. The minimum absolute atomic E-state index is 0.0928. The Labute approximate surface area is 115 Å². The second-order valence-corrected chi connectivity index (χ2v) is 5.95. The molecule has 1 saturated heterocycles. The maximum atomic E-state index is 11.5. The summed E-state index contributed by atoms with van der Waals surface area (Å²) in [4.78, 5) is 23.0. The van der Waals surface area contributed by atoms with Crippen molar-refractivity contribution >= 4 is 11.9 Å². The summed E-state index contributed by atoms with van der Waals surface area (Å²) >= 11 is 0.